The highest BCUT2D eigenvalue weighted by Gasteiger charge is 2.23. The number of carbonyl (C=O) groups excluding carboxylic acids is 1. The number of amides is 1. The Hall–Kier alpha value is -0.560. The van der Waals surface area contributed by atoms with Crippen LogP contribution in [0.15, 0.2) is 24.3 Å². The summed E-state index contributed by atoms with van der Waals surface area (Å²) < 4.78 is 5.47. The highest BCUT2D eigenvalue weighted by atomic mass is 35.5. The second kappa shape index (κ2) is 12.8. The van der Waals surface area contributed by atoms with Crippen LogP contribution in [0, 0.1) is 5.92 Å². The molecule has 0 aliphatic carbocycles. The van der Waals surface area contributed by atoms with Crippen molar-refractivity contribution in [3.8, 4) is 0 Å². The summed E-state index contributed by atoms with van der Waals surface area (Å²) >= 11 is 6.02. The minimum absolute atomic E-state index is 0. The van der Waals surface area contributed by atoms with Gasteiger partial charge in [0.1, 0.15) is 0 Å². The Morgan fingerprint density at radius 1 is 1.26 bits per heavy atom. The molecule has 0 bridgehead atoms. The molecule has 2 unspecified atom stereocenters. The summed E-state index contributed by atoms with van der Waals surface area (Å²) in [4.78, 5) is 14.7. The number of ether oxygens (including phenoxy) is 1. The SMILES string of the molecule is Cl.Cl.O=C(CCC1CCNC1)NCC(c1ccc(Cl)cc1)N1CCOCC1. The molecule has 2 heterocycles. The number of hydrogen-bond acceptors (Lipinski definition) is 4. The number of morpholine rings is 1. The molecule has 1 amide bonds. The quantitative estimate of drug-likeness (QED) is 0.687. The van der Waals surface area contributed by atoms with E-state index in [4.69, 9.17) is 16.3 Å². The number of rotatable bonds is 7. The van der Waals surface area contributed by atoms with E-state index in [1.54, 1.807) is 0 Å². The summed E-state index contributed by atoms with van der Waals surface area (Å²) in [6, 6.07) is 8.11. The lowest BCUT2D eigenvalue weighted by molar-refractivity contribution is -0.121. The molecule has 2 aliphatic heterocycles. The first-order valence-corrected chi connectivity index (χ1v) is 9.65. The first-order chi connectivity index (χ1) is 12.2. The van der Waals surface area contributed by atoms with Crippen LogP contribution in [0.4, 0.5) is 0 Å². The average molecular weight is 439 g/mol. The van der Waals surface area contributed by atoms with Crippen LogP contribution in [0.25, 0.3) is 0 Å². The molecular weight excluding hydrogens is 409 g/mol. The standard InChI is InChI=1S/C19H28ClN3O2.2ClH/c20-17-4-2-16(3-5-17)18(23-9-11-25-12-10-23)14-22-19(24)6-1-15-7-8-21-13-15;;/h2-5,15,18,21H,1,6-14H2,(H,22,24);2*1H. The molecule has 2 saturated heterocycles. The van der Waals surface area contributed by atoms with E-state index in [1.807, 2.05) is 12.1 Å². The lowest BCUT2D eigenvalue weighted by Gasteiger charge is -2.35. The third-order valence-corrected chi connectivity index (χ3v) is 5.43. The Labute approximate surface area is 179 Å². The molecule has 2 aliphatic rings. The van der Waals surface area contributed by atoms with Crippen LogP contribution in [-0.4, -0.2) is 56.7 Å². The lowest BCUT2D eigenvalue weighted by Crippen LogP contribution is -2.43. The molecule has 2 N–H and O–H groups in total. The molecule has 2 atom stereocenters. The Bertz CT molecular complexity index is 548. The molecule has 3 rings (SSSR count). The maximum atomic E-state index is 12.3. The molecule has 0 radical (unpaired) electrons. The van der Waals surface area contributed by atoms with Crippen LogP contribution >= 0.6 is 36.4 Å². The molecule has 1 aromatic rings. The van der Waals surface area contributed by atoms with Gasteiger partial charge in [-0.05, 0) is 49.5 Å². The molecule has 0 aromatic heterocycles. The second-order valence-corrected chi connectivity index (χ2v) is 7.35. The smallest absolute Gasteiger partial charge is 0.220 e. The van der Waals surface area contributed by atoms with E-state index in [0.717, 1.165) is 50.8 Å². The minimum atomic E-state index is 0. The van der Waals surface area contributed by atoms with Crippen LogP contribution in [0.3, 0.4) is 0 Å². The molecule has 5 nitrogen and oxygen atoms in total. The fourth-order valence-electron chi connectivity index (χ4n) is 3.63. The first-order valence-electron chi connectivity index (χ1n) is 9.27. The van der Waals surface area contributed by atoms with Gasteiger partial charge in [-0.1, -0.05) is 23.7 Å². The van der Waals surface area contributed by atoms with Gasteiger partial charge in [0.05, 0.1) is 19.3 Å². The third-order valence-electron chi connectivity index (χ3n) is 5.18. The zero-order valence-electron chi connectivity index (χ0n) is 15.5. The van der Waals surface area contributed by atoms with Crippen LogP contribution in [-0.2, 0) is 9.53 Å². The molecule has 8 heteroatoms. The topological polar surface area (TPSA) is 53.6 Å². The monoisotopic (exact) mass is 437 g/mol. The summed E-state index contributed by atoms with van der Waals surface area (Å²) in [6.45, 7) is 6.02. The summed E-state index contributed by atoms with van der Waals surface area (Å²) in [6.07, 6.45) is 2.78. The van der Waals surface area contributed by atoms with Gasteiger partial charge in [-0.15, -0.1) is 24.8 Å². The summed E-state index contributed by atoms with van der Waals surface area (Å²) in [5.74, 6) is 0.802. The van der Waals surface area contributed by atoms with Crippen molar-refractivity contribution in [2.24, 2.45) is 5.92 Å². The van der Waals surface area contributed by atoms with Crippen LogP contribution in [0.5, 0.6) is 0 Å². The molecule has 27 heavy (non-hydrogen) atoms. The van der Waals surface area contributed by atoms with Gasteiger partial charge in [-0.3, -0.25) is 9.69 Å². The number of benzene rings is 1. The number of carbonyl (C=O) groups is 1. The van der Waals surface area contributed by atoms with Gasteiger partial charge in [0.25, 0.3) is 0 Å². The molecule has 154 valence electrons. The van der Waals surface area contributed by atoms with Crippen molar-refractivity contribution in [1.29, 1.82) is 0 Å². The Morgan fingerprint density at radius 2 is 1.96 bits per heavy atom. The van der Waals surface area contributed by atoms with Gasteiger partial charge >= 0.3 is 0 Å². The van der Waals surface area contributed by atoms with E-state index in [9.17, 15) is 4.79 Å². The Balaban J connectivity index is 0.00000182. The van der Waals surface area contributed by atoms with E-state index in [1.165, 1.54) is 12.0 Å². The van der Waals surface area contributed by atoms with Crippen LogP contribution < -0.4 is 10.6 Å². The number of hydrogen-bond donors (Lipinski definition) is 2. The fourth-order valence-corrected chi connectivity index (χ4v) is 3.75. The molecule has 1 aromatic carbocycles. The van der Waals surface area contributed by atoms with Gasteiger partial charge in [-0.25, -0.2) is 0 Å². The molecule has 0 saturated carbocycles. The van der Waals surface area contributed by atoms with Gasteiger partial charge < -0.3 is 15.4 Å². The van der Waals surface area contributed by atoms with Gasteiger partial charge in [0.2, 0.25) is 5.91 Å². The zero-order valence-corrected chi connectivity index (χ0v) is 17.9. The predicted octanol–water partition coefficient (Wildman–Crippen LogP) is 3.06. The van der Waals surface area contributed by atoms with E-state index in [-0.39, 0.29) is 36.8 Å². The lowest BCUT2D eigenvalue weighted by atomic mass is 10.0. The maximum Gasteiger partial charge on any atom is 0.220 e. The summed E-state index contributed by atoms with van der Waals surface area (Å²) in [7, 11) is 0. The Kier molecular flexibility index (Phi) is 11.6. The largest absolute Gasteiger partial charge is 0.379 e. The number of nitrogens with zero attached hydrogens (tertiary/aromatic N) is 1. The number of nitrogens with one attached hydrogen (secondary N) is 2. The highest BCUT2D eigenvalue weighted by molar-refractivity contribution is 6.30. The van der Waals surface area contributed by atoms with Crippen molar-refractivity contribution >= 4 is 42.3 Å². The van der Waals surface area contributed by atoms with Crippen molar-refractivity contribution in [1.82, 2.24) is 15.5 Å². The van der Waals surface area contributed by atoms with Crippen LogP contribution in [0.2, 0.25) is 5.02 Å². The van der Waals surface area contributed by atoms with Crippen molar-refractivity contribution in [2.75, 3.05) is 45.9 Å². The molecule has 0 spiro atoms. The summed E-state index contributed by atoms with van der Waals surface area (Å²) in [5.41, 5.74) is 1.19. The van der Waals surface area contributed by atoms with E-state index >= 15 is 0 Å². The van der Waals surface area contributed by atoms with Crippen LogP contribution in [0.1, 0.15) is 30.9 Å². The zero-order chi connectivity index (χ0) is 17.5. The van der Waals surface area contributed by atoms with Crippen molar-refractivity contribution in [3.05, 3.63) is 34.9 Å². The van der Waals surface area contributed by atoms with E-state index < -0.39 is 0 Å². The summed E-state index contributed by atoms with van der Waals surface area (Å²) in [5, 5.41) is 7.23. The third kappa shape index (κ3) is 7.76. The Morgan fingerprint density at radius 3 is 2.59 bits per heavy atom. The van der Waals surface area contributed by atoms with Gasteiger partial charge in [0, 0.05) is 31.1 Å². The average Bonchev–Trinajstić information content (AvgIpc) is 3.16. The second-order valence-electron chi connectivity index (χ2n) is 6.92. The number of halogens is 3. The van der Waals surface area contributed by atoms with E-state index in [0.29, 0.717) is 18.9 Å². The van der Waals surface area contributed by atoms with Crippen molar-refractivity contribution in [3.63, 3.8) is 0 Å². The van der Waals surface area contributed by atoms with E-state index in [2.05, 4.69) is 27.7 Å². The highest BCUT2D eigenvalue weighted by Crippen LogP contribution is 2.23. The molecular formula is C19H30Cl3N3O2. The molecule has 2 fully saturated rings. The van der Waals surface area contributed by atoms with Crippen molar-refractivity contribution in [2.45, 2.75) is 25.3 Å². The first kappa shape index (κ1) is 24.5. The van der Waals surface area contributed by atoms with Gasteiger partial charge in [-0.2, -0.15) is 0 Å². The predicted molar refractivity (Wildman–Crippen MR) is 114 cm³/mol. The fraction of sp³-hybridized carbons (Fsp3) is 0.632. The van der Waals surface area contributed by atoms with Crippen molar-refractivity contribution < 1.29 is 9.53 Å². The normalized spacial score (nSPS) is 21.0. The van der Waals surface area contributed by atoms with Gasteiger partial charge in [0.15, 0.2) is 0 Å². The minimum Gasteiger partial charge on any atom is -0.379 e. The maximum absolute atomic E-state index is 12.3.